The number of nitrogens with two attached hydrogens (primary N) is 1. The first-order valence-electron chi connectivity index (χ1n) is 5.52. The van der Waals surface area contributed by atoms with Crippen LogP contribution in [-0.4, -0.2) is 26.0 Å². The maximum atomic E-state index is 11.0. The van der Waals surface area contributed by atoms with Crippen LogP contribution in [0, 0.1) is 5.92 Å². The van der Waals surface area contributed by atoms with E-state index in [2.05, 4.69) is 33.5 Å². The molecular formula is C12H18BrN3O. The van der Waals surface area contributed by atoms with Gasteiger partial charge in [-0.05, 0) is 53.6 Å². The summed E-state index contributed by atoms with van der Waals surface area (Å²) in [6.45, 7) is 3.99. The fourth-order valence-corrected chi connectivity index (χ4v) is 2.04. The highest BCUT2D eigenvalue weighted by Crippen LogP contribution is 2.23. The molecule has 5 heteroatoms. The quantitative estimate of drug-likeness (QED) is 0.750. The fourth-order valence-electron chi connectivity index (χ4n) is 1.52. The lowest BCUT2D eigenvalue weighted by molar-refractivity contribution is 0.100. The van der Waals surface area contributed by atoms with E-state index in [-0.39, 0.29) is 0 Å². The fraction of sp³-hybridized carbons (Fsp3) is 0.417. The van der Waals surface area contributed by atoms with Crippen LogP contribution in [0.25, 0.3) is 0 Å². The van der Waals surface area contributed by atoms with Gasteiger partial charge in [0.05, 0.1) is 0 Å². The number of hydrogen-bond acceptors (Lipinski definition) is 3. The molecule has 0 aliphatic rings. The average molecular weight is 300 g/mol. The zero-order chi connectivity index (χ0) is 12.8. The molecule has 0 saturated heterocycles. The highest BCUT2D eigenvalue weighted by atomic mass is 79.9. The molecule has 1 aromatic carbocycles. The average Bonchev–Trinajstić information content (AvgIpc) is 2.27. The zero-order valence-electron chi connectivity index (χ0n) is 10.1. The van der Waals surface area contributed by atoms with E-state index in [1.54, 1.807) is 12.1 Å². The molecule has 1 rings (SSSR count). The Morgan fingerprint density at radius 3 is 2.71 bits per heavy atom. The second-order valence-electron chi connectivity index (χ2n) is 4.10. The van der Waals surface area contributed by atoms with E-state index in [9.17, 15) is 4.79 Å². The number of primary amides is 1. The van der Waals surface area contributed by atoms with Crippen molar-refractivity contribution in [3.05, 3.63) is 28.2 Å². The first kappa shape index (κ1) is 14.0. The molecule has 1 atom stereocenters. The van der Waals surface area contributed by atoms with Crippen LogP contribution >= 0.6 is 15.9 Å². The number of rotatable bonds is 6. The summed E-state index contributed by atoms with van der Waals surface area (Å²) in [5.41, 5.74) is 6.68. The third-order valence-corrected chi connectivity index (χ3v) is 3.10. The predicted octanol–water partition coefficient (Wildman–Crippen LogP) is 1.82. The van der Waals surface area contributed by atoms with E-state index >= 15 is 0 Å². The predicted molar refractivity (Wildman–Crippen MR) is 74.2 cm³/mol. The van der Waals surface area contributed by atoms with Gasteiger partial charge in [0, 0.05) is 22.3 Å². The maximum absolute atomic E-state index is 11.0. The van der Waals surface area contributed by atoms with Crippen LogP contribution in [0.15, 0.2) is 22.7 Å². The minimum Gasteiger partial charge on any atom is -0.384 e. The van der Waals surface area contributed by atoms with Gasteiger partial charge in [-0.2, -0.15) is 0 Å². The summed E-state index contributed by atoms with van der Waals surface area (Å²) in [4.78, 5) is 11.0. The standard InChI is InChI=1S/C12H18BrN3O/c1-8(6-15-2)7-16-11-4-3-9(12(14)17)5-10(11)13/h3-5,8,15-16H,6-7H2,1-2H3,(H2,14,17). The van der Waals surface area contributed by atoms with Crippen molar-refractivity contribution in [1.29, 1.82) is 0 Å². The Labute approximate surface area is 110 Å². The molecule has 0 aliphatic carbocycles. The van der Waals surface area contributed by atoms with Crippen molar-refractivity contribution in [2.45, 2.75) is 6.92 Å². The molecule has 0 spiro atoms. The zero-order valence-corrected chi connectivity index (χ0v) is 11.7. The van der Waals surface area contributed by atoms with Gasteiger partial charge in [-0.25, -0.2) is 0 Å². The Morgan fingerprint density at radius 1 is 1.47 bits per heavy atom. The van der Waals surface area contributed by atoms with Crippen LogP contribution in [0.3, 0.4) is 0 Å². The first-order chi connectivity index (χ1) is 8.04. The molecule has 0 fully saturated rings. The van der Waals surface area contributed by atoms with Crippen molar-refractivity contribution in [1.82, 2.24) is 5.32 Å². The Hall–Kier alpha value is -1.07. The number of carbonyl (C=O) groups is 1. The molecule has 1 amide bonds. The molecule has 17 heavy (non-hydrogen) atoms. The highest BCUT2D eigenvalue weighted by molar-refractivity contribution is 9.10. The molecule has 0 heterocycles. The summed E-state index contributed by atoms with van der Waals surface area (Å²) < 4.78 is 0.852. The SMILES string of the molecule is CNCC(C)CNc1ccc(C(N)=O)cc1Br. The van der Waals surface area contributed by atoms with Gasteiger partial charge in [0.1, 0.15) is 0 Å². The van der Waals surface area contributed by atoms with Crippen molar-refractivity contribution in [3.8, 4) is 0 Å². The van der Waals surface area contributed by atoms with E-state index < -0.39 is 5.91 Å². The summed E-state index contributed by atoms with van der Waals surface area (Å²) >= 11 is 3.42. The summed E-state index contributed by atoms with van der Waals surface area (Å²) in [6.07, 6.45) is 0. The van der Waals surface area contributed by atoms with Gasteiger partial charge in [-0.1, -0.05) is 6.92 Å². The van der Waals surface area contributed by atoms with Gasteiger partial charge in [0.15, 0.2) is 0 Å². The molecule has 1 aromatic rings. The van der Waals surface area contributed by atoms with Gasteiger partial charge < -0.3 is 16.4 Å². The van der Waals surface area contributed by atoms with E-state index in [1.807, 2.05) is 13.1 Å². The summed E-state index contributed by atoms with van der Waals surface area (Å²) in [6, 6.07) is 5.31. The topological polar surface area (TPSA) is 67.2 Å². The smallest absolute Gasteiger partial charge is 0.248 e. The van der Waals surface area contributed by atoms with Crippen molar-refractivity contribution >= 4 is 27.5 Å². The lowest BCUT2D eigenvalue weighted by atomic mass is 10.1. The maximum Gasteiger partial charge on any atom is 0.248 e. The normalized spacial score (nSPS) is 12.2. The van der Waals surface area contributed by atoms with Crippen LogP contribution < -0.4 is 16.4 Å². The van der Waals surface area contributed by atoms with Crippen LogP contribution in [0.2, 0.25) is 0 Å². The number of amides is 1. The van der Waals surface area contributed by atoms with Gasteiger partial charge >= 0.3 is 0 Å². The molecule has 0 saturated carbocycles. The van der Waals surface area contributed by atoms with Crippen LogP contribution in [0.4, 0.5) is 5.69 Å². The molecule has 4 nitrogen and oxygen atoms in total. The molecule has 0 aliphatic heterocycles. The van der Waals surface area contributed by atoms with Gasteiger partial charge in [-0.3, -0.25) is 4.79 Å². The molecule has 4 N–H and O–H groups in total. The summed E-state index contributed by atoms with van der Waals surface area (Å²) in [5, 5.41) is 6.45. The Bertz CT molecular complexity index is 395. The van der Waals surface area contributed by atoms with E-state index in [1.165, 1.54) is 0 Å². The number of benzene rings is 1. The number of halogens is 1. The van der Waals surface area contributed by atoms with Crippen LogP contribution in [0.1, 0.15) is 17.3 Å². The minimum absolute atomic E-state index is 0.416. The Morgan fingerprint density at radius 2 is 2.18 bits per heavy atom. The molecular weight excluding hydrogens is 282 g/mol. The van der Waals surface area contributed by atoms with Crippen molar-refractivity contribution in [3.63, 3.8) is 0 Å². The van der Waals surface area contributed by atoms with Crippen molar-refractivity contribution < 1.29 is 4.79 Å². The lowest BCUT2D eigenvalue weighted by Gasteiger charge is -2.14. The van der Waals surface area contributed by atoms with Gasteiger partial charge in [-0.15, -0.1) is 0 Å². The van der Waals surface area contributed by atoms with Crippen LogP contribution in [0.5, 0.6) is 0 Å². The van der Waals surface area contributed by atoms with E-state index in [4.69, 9.17) is 5.73 Å². The number of carbonyl (C=O) groups excluding carboxylic acids is 1. The van der Waals surface area contributed by atoms with Crippen molar-refractivity contribution in [2.24, 2.45) is 11.7 Å². The molecule has 0 bridgehead atoms. The largest absolute Gasteiger partial charge is 0.384 e. The number of nitrogens with one attached hydrogen (secondary N) is 2. The third-order valence-electron chi connectivity index (χ3n) is 2.45. The highest BCUT2D eigenvalue weighted by Gasteiger charge is 2.06. The Balaban J connectivity index is 2.63. The molecule has 94 valence electrons. The second kappa shape index (κ2) is 6.61. The Kier molecular flexibility index (Phi) is 5.44. The molecule has 1 unspecified atom stereocenters. The first-order valence-corrected chi connectivity index (χ1v) is 6.31. The molecule has 0 radical (unpaired) electrons. The monoisotopic (exact) mass is 299 g/mol. The second-order valence-corrected chi connectivity index (χ2v) is 4.96. The summed E-state index contributed by atoms with van der Waals surface area (Å²) in [5.74, 6) is 0.114. The summed E-state index contributed by atoms with van der Waals surface area (Å²) in [7, 11) is 1.94. The van der Waals surface area contributed by atoms with Crippen LogP contribution in [-0.2, 0) is 0 Å². The number of hydrogen-bond donors (Lipinski definition) is 3. The molecule has 0 aromatic heterocycles. The van der Waals surface area contributed by atoms with Crippen molar-refractivity contribution in [2.75, 3.05) is 25.5 Å². The van der Waals surface area contributed by atoms with E-state index in [0.717, 1.165) is 23.2 Å². The lowest BCUT2D eigenvalue weighted by Crippen LogP contribution is -2.23. The van der Waals surface area contributed by atoms with Gasteiger partial charge in [0.25, 0.3) is 0 Å². The minimum atomic E-state index is -0.416. The third kappa shape index (κ3) is 4.36. The number of anilines is 1. The van der Waals surface area contributed by atoms with Gasteiger partial charge in [0.2, 0.25) is 5.91 Å². The van der Waals surface area contributed by atoms with E-state index in [0.29, 0.717) is 11.5 Å².